The van der Waals surface area contributed by atoms with E-state index in [2.05, 4.69) is 0 Å². The fourth-order valence-corrected chi connectivity index (χ4v) is 3.30. The maximum absolute atomic E-state index is 12.6. The van der Waals surface area contributed by atoms with Crippen LogP contribution < -0.4 is 9.80 Å². The van der Waals surface area contributed by atoms with Gasteiger partial charge in [0.15, 0.2) is 6.10 Å². The van der Waals surface area contributed by atoms with Crippen LogP contribution in [0.2, 0.25) is 5.02 Å². The van der Waals surface area contributed by atoms with Crippen molar-refractivity contribution in [1.29, 1.82) is 0 Å². The zero-order valence-electron chi connectivity index (χ0n) is 15.7. The number of hydrogen-bond acceptors (Lipinski definition) is 4. The number of carbonyl (C=O) groups excluding carboxylic acids is 3. The third kappa shape index (κ3) is 4.17. The van der Waals surface area contributed by atoms with Gasteiger partial charge in [-0.3, -0.25) is 9.59 Å². The molecular weight excluding hydrogens is 380 g/mol. The number of anilines is 2. The van der Waals surface area contributed by atoms with E-state index in [0.717, 1.165) is 6.42 Å². The lowest BCUT2D eigenvalue weighted by atomic mass is 10.2. The predicted molar refractivity (Wildman–Crippen MR) is 108 cm³/mol. The molecule has 0 aromatic heterocycles. The maximum Gasteiger partial charge on any atom is 0.338 e. The SMILES string of the molecule is C[C@H](OC(=O)c1ccc(Cl)c(N2CCCC2=O)c1)C(=O)N(C)c1ccccc1. The van der Waals surface area contributed by atoms with Crippen LogP contribution in [0.15, 0.2) is 48.5 Å². The van der Waals surface area contributed by atoms with Gasteiger partial charge < -0.3 is 14.5 Å². The van der Waals surface area contributed by atoms with Crippen LogP contribution in [-0.4, -0.2) is 37.5 Å². The number of carbonyl (C=O) groups is 3. The van der Waals surface area contributed by atoms with Crippen LogP contribution in [0.4, 0.5) is 11.4 Å². The van der Waals surface area contributed by atoms with Gasteiger partial charge in [0.1, 0.15) is 0 Å². The highest BCUT2D eigenvalue weighted by Gasteiger charge is 2.26. The first-order valence-corrected chi connectivity index (χ1v) is 9.40. The zero-order chi connectivity index (χ0) is 20.3. The minimum Gasteiger partial charge on any atom is -0.449 e. The average Bonchev–Trinajstić information content (AvgIpc) is 3.13. The van der Waals surface area contributed by atoms with Gasteiger partial charge in [0.2, 0.25) is 5.91 Å². The second-order valence-corrected chi connectivity index (χ2v) is 7.00. The Labute approximate surface area is 168 Å². The lowest BCUT2D eigenvalue weighted by molar-refractivity contribution is -0.126. The van der Waals surface area contributed by atoms with Crippen LogP contribution >= 0.6 is 11.6 Å². The second-order valence-electron chi connectivity index (χ2n) is 6.60. The molecule has 0 saturated carbocycles. The van der Waals surface area contributed by atoms with Gasteiger partial charge in [-0.1, -0.05) is 29.8 Å². The van der Waals surface area contributed by atoms with E-state index in [4.69, 9.17) is 16.3 Å². The van der Waals surface area contributed by atoms with E-state index in [9.17, 15) is 14.4 Å². The molecule has 1 heterocycles. The summed E-state index contributed by atoms with van der Waals surface area (Å²) in [7, 11) is 1.63. The van der Waals surface area contributed by atoms with E-state index < -0.39 is 12.1 Å². The third-order valence-electron chi connectivity index (χ3n) is 4.65. The standard InChI is InChI=1S/C21H21ClN2O4/c1-14(20(26)23(2)16-7-4-3-5-8-16)28-21(27)15-10-11-17(22)18(13-15)24-12-6-9-19(24)25/h3-5,7-8,10-11,13-14H,6,9,12H2,1-2H3/t14-/m0/s1. The molecule has 3 rings (SSSR count). The molecule has 2 amide bonds. The Bertz CT molecular complexity index is 901. The summed E-state index contributed by atoms with van der Waals surface area (Å²) in [5.41, 5.74) is 1.43. The van der Waals surface area contributed by atoms with Crippen LogP contribution in [0.5, 0.6) is 0 Å². The van der Waals surface area contributed by atoms with Crippen LogP contribution in [0.1, 0.15) is 30.1 Å². The maximum atomic E-state index is 12.6. The van der Waals surface area contributed by atoms with Gasteiger partial charge in [-0.05, 0) is 43.7 Å². The molecule has 0 bridgehead atoms. The first-order chi connectivity index (χ1) is 13.4. The number of halogens is 1. The topological polar surface area (TPSA) is 66.9 Å². The summed E-state index contributed by atoms with van der Waals surface area (Å²) >= 11 is 6.21. The second kappa shape index (κ2) is 8.44. The number of esters is 1. The molecule has 1 aliphatic heterocycles. The molecule has 1 saturated heterocycles. The Hall–Kier alpha value is -2.86. The molecule has 0 radical (unpaired) electrons. The van der Waals surface area contributed by atoms with Crippen molar-refractivity contribution < 1.29 is 19.1 Å². The molecule has 146 valence electrons. The van der Waals surface area contributed by atoms with Gasteiger partial charge in [0.25, 0.3) is 5.91 Å². The Morgan fingerprint density at radius 3 is 2.54 bits per heavy atom. The van der Waals surface area contributed by atoms with E-state index in [0.29, 0.717) is 29.4 Å². The summed E-state index contributed by atoms with van der Waals surface area (Å²) < 4.78 is 5.35. The molecule has 28 heavy (non-hydrogen) atoms. The summed E-state index contributed by atoms with van der Waals surface area (Å²) in [6.45, 7) is 2.09. The number of benzene rings is 2. The molecule has 6 nitrogen and oxygen atoms in total. The largest absolute Gasteiger partial charge is 0.449 e. The smallest absolute Gasteiger partial charge is 0.338 e. The molecule has 0 aliphatic carbocycles. The van der Waals surface area contributed by atoms with E-state index in [1.165, 1.54) is 24.0 Å². The van der Waals surface area contributed by atoms with Gasteiger partial charge >= 0.3 is 5.97 Å². The van der Waals surface area contributed by atoms with Crippen molar-refractivity contribution in [3.05, 3.63) is 59.1 Å². The molecular formula is C21H21ClN2O4. The first-order valence-electron chi connectivity index (χ1n) is 9.02. The number of hydrogen-bond donors (Lipinski definition) is 0. The van der Waals surface area contributed by atoms with E-state index in [1.807, 2.05) is 18.2 Å². The van der Waals surface area contributed by atoms with Crippen molar-refractivity contribution in [2.75, 3.05) is 23.4 Å². The number of nitrogens with zero attached hydrogens (tertiary/aromatic N) is 2. The fourth-order valence-electron chi connectivity index (χ4n) is 3.08. The van der Waals surface area contributed by atoms with Gasteiger partial charge in [-0.15, -0.1) is 0 Å². The molecule has 0 N–H and O–H groups in total. The van der Waals surface area contributed by atoms with Crippen LogP contribution in [0, 0.1) is 0 Å². The molecule has 1 aliphatic rings. The third-order valence-corrected chi connectivity index (χ3v) is 4.97. The Morgan fingerprint density at radius 1 is 1.18 bits per heavy atom. The Kier molecular flexibility index (Phi) is 5.99. The highest BCUT2D eigenvalue weighted by molar-refractivity contribution is 6.34. The number of rotatable bonds is 5. The minimum absolute atomic E-state index is 0.0274. The van der Waals surface area contributed by atoms with Crippen molar-refractivity contribution in [3.63, 3.8) is 0 Å². The van der Waals surface area contributed by atoms with Crippen molar-refractivity contribution >= 4 is 40.8 Å². The van der Waals surface area contributed by atoms with Gasteiger partial charge in [-0.2, -0.15) is 0 Å². The quantitative estimate of drug-likeness (QED) is 0.718. The summed E-state index contributed by atoms with van der Waals surface area (Å²) in [4.78, 5) is 40.1. The van der Waals surface area contributed by atoms with Gasteiger partial charge in [-0.25, -0.2) is 4.79 Å². The molecule has 0 unspecified atom stereocenters. The number of amides is 2. The van der Waals surface area contributed by atoms with E-state index in [-0.39, 0.29) is 17.4 Å². The number of para-hydroxylation sites is 1. The Balaban J connectivity index is 1.72. The molecule has 1 fully saturated rings. The van der Waals surface area contributed by atoms with Crippen LogP contribution in [-0.2, 0) is 14.3 Å². The fraction of sp³-hybridized carbons (Fsp3) is 0.286. The van der Waals surface area contributed by atoms with Crippen LogP contribution in [0.25, 0.3) is 0 Å². The molecule has 0 spiro atoms. The Morgan fingerprint density at radius 2 is 1.89 bits per heavy atom. The first kappa shape index (κ1) is 19.9. The summed E-state index contributed by atoms with van der Waals surface area (Å²) in [6.07, 6.45) is 0.244. The van der Waals surface area contributed by atoms with Gasteiger partial charge in [0.05, 0.1) is 16.3 Å². The molecule has 2 aromatic rings. The summed E-state index contributed by atoms with van der Waals surface area (Å²) in [5, 5.41) is 0.389. The monoisotopic (exact) mass is 400 g/mol. The average molecular weight is 401 g/mol. The normalized spacial score (nSPS) is 14.7. The van der Waals surface area contributed by atoms with Crippen LogP contribution in [0.3, 0.4) is 0 Å². The number of ether oxygens (including phenoxy) is 1. The number of likely N-dealkylation sites (N-methyl/N-ethyl adjacent to an activating group) is 1. The predicted octanol–water partition coefficient (Wildman–Crippen LogP) is 3.68. The summed E-state index contributed by atoms with van der Waals surface area (Å²) in [6, 6.07) is 13.7. The molecule has 1 atom stereocenters. The van der Waals surface area contributed by atoms with Crippen molar-refractivity contribution in [1.82, 2.24) is 0 Å². The van der Waals surface area contributed by atoms with Crippen molar-refractivity contribution in [2.24, 2.45) is 0 Å². The van der Waals surface area contributed by atoms with E-state index >= 15 is 0 Å². The highest BCUT2D eigenvalue weighted by Crippen LogP contribution is 2.30. The van der Waals surface area contributed by atoms with Crippen molar-refractivity contribution in [2.45, 2.75) is 25.9 Å². The lowest BCUT2D eigenvalue weighted by Gasteiger charge is -2.22. The van der Waals surface area contributed by atoms with Crippen molar-refractivity contribution in [3.8, 4) is 0 Å². The highest BCUT2D eigenvalue weighted by atomic mass is 35.5. The zero-order valence-corrected chi connectivity index (χ0v) is 16.5. The van der Waals surface area contributed by atoms with Gasteiger partial charge in [0, 0.05) is 25.7 Å². The van der Waals surface area contributed by atoms with E-state index in [1.54, 1.807) is 30.1 Å². The lowest BCUT2D eigenvalue weighted by Crippen LogP contribution is -2.37. The minimum atomic E-state index is -0.967. The summed E-state index contributed by atoms with van der Waals surface area (Å²) in [5.74, 6) is -1.02. The molecule has 2 aromatic carbocycles. The molecule has 7 heteroatoms.